The molecule has 0 amide bonds. The number of pyridine rings is 1. The molecule has 2 rings (SSSR count). The molecule has 0 N–H and O–H groups in total. The van der Waals surface area contributed by atoms with Crippen LogP contribution < -0.4 is 4.74 Å². The number of carbonyl (C=O) groups excluding carboxylic acids is 1. The van der Waals surface area contributed by atoms with E-state index in [1.165, 1.54) is 0 Å². The quantitative estimate of drug-likeness (QED) is 0.756. The summed E-state index contributed by atoms with van der Waals surface area (Å²) in [5.41, 5.74) is 1.45. The molecule has 0 saturated heterocycles. The van der Waals surface area contributed by atoms with E-state index in [4.69, 9.17) is 4.74 Å². The second kappa shape index (κ2) is 4.78. The SMILES string of the molecule is CC(C)n1nccc1-c1ncccc1OC=O. The maximum atomic E-state index is 10.4. The van der Waals surface area contributed by atoms with Crippen molar-refractivity contribution in [2.75, 3.05) is 0 Å². The van der Waals surface area contributed by atoms with Crippen LogP contribution in [0.15, 0.2) is 30.6 Å². The lowest BCUT2D eigenvalue weighted by molar-refractivity contribution is -0.120. The van der Waals surface area contributed by atoms with Crippen molar-refractivity contribution in [1.82, 2.24) is 14.8 Å². The minimum Gasteiger partial charge on any atom is -0.426 e. The van der Waals surface area contributed by atoms with E-state index in [1.807, 2.05) is 24.6 Å². The van der Waals surface area contributed by atoms with Crippen molar-refractivity contribution >= 4 is 6.47 Å². The lowest BCUT2D eigenvalue weighted by Crippen LogP contribution is -2.06. The summed E-state index contributed by atoms with van der Waals surface area (Å²) in [5.74, 6) is 0.435. The third kappa shape index (κ3) is 2.18. The molecule has 88 valence electrons. The summed E-state index contributed by atoms with van der Waals surface area (Å²) in [6.07, 6.45) is 3.36. The van der Waals surface area contributed by atoms with Gasteiger partial charge in [0, 0.05) is 18.4 Å². The summed E-state index contributed by atoms with van der Waals surface area (Å²) >= 11 is 0. The van der Waals surface area contributed by atoms with Gasteiger partial charge < -0.3 is 4.74 Å². The summed E-state index contributed by atoms with van der Waals surface area (Å²) in [6, 6.07) is 5.48. The summed E-state index contributed by atoms with van der Waals surface area (Å²) < 4.78 is 6.74. The van der Waals surface area contributed by atoms with Crippen LogP contribution in [0.1, 0.15) is 19.9 Å². The first-order chi connectivity index (χ1) is 8.24. The van der Waals surface area contributed by atoms with E-state index in [2.05, 4.69) is 10.1 Å². The average molecular weight is 231 g/mol. The number of hydrogen-bond acceptors (Lipinski definition) is 4. The Hall–Kier alpha value is -2.17. The van der Waals surface area contributed by atoms with Crippen LogP contribution in [0.4, 0.5) is 0 Å². The zero-order chi connectivity index (χ0) is 12.3. The van der Waals surface area contributed by atoms with Crippen molar-refractivity contribution in [3.8, 4) is 17.1 Å². The van der Waals surface area contributed by atoms with Crippen molar-refractivity contribution in [3.63, 3.8) is 0 Å². The topological polar surface area (TPSA) is 57.0 Å². The lowest BCUT2D eigenvalue weighted by Gasteiger charge is -2.11. The largest absolute Gasteiger partial charge is 0.426 e. The minimum atomic E-state index is 0.214. The van der Waals surface area contributed by atoms with E-state index < -0.39 is 0 Å². The highest BCUT2D eigenvalue weighted by atomic mass is 16.5. The van der Waals surface area contributed by atoms with Crippen LogP contribution in [0, 0.1) is 0 Å². The van der Waals surface area contributed by atoms with Crippen LogP contribution >= 0.6 is 0 Å². The van der Waals surface area contributed by atoms with E-state index in [1.54, 1.807) is 24.5 Å². The molecule has 2 aromatic rings. The number of aromatic nitrogens is 3. The number of ether oxygens (including phenoxy) is 1. The van der Waals surface area contributed by atoms with Gasteiger partial charge in [-0.15, -0.1) is 0 Å². The molecule has 0 atom stereocenters. The van der Waals surface area contributed by atoms with Crippen LogP contribution in [0.3, 0.4) is 0 Å². The predicted octanol–water partition coefficient (Wildman–Crippen LogP) is 2.06. The highest BCUT2D eigenvalue weighted by Crippen LogP contribution is 2.28. The predicted molar refractivity (Wildman–Crippen MR) is 62.5 cm³/mol. The van der Waals surface area contributed by atoms with Gasteiger partial charge in [-0.05, 0) is 32.0 Å². The van der Waals surface area contributed by atoms with E-state index in [9.17, 15) is 4.79 Å². The molecular formula is C12H13N3O2. The van der Waals surface area contributed by atoms with Crippen LogP contribution in [-0.4, -0.2) is 21.2 Å². The Morgan fingerprint density at radius 3 is 2.88 bits per heavy atom. The summed E-state index contributed by atoms with van der Waals surface area (Å²) in [5, 5.41) is 4.23. The third-order valence-corrected chi connectivity index (χ3v) is 2.35. The van der Waals surface area contributed by atoms with Crippen molar-refractivity contribution < 1.29 is 9.53 Å². The van der Waals surface area contributed by atoms with Gasteiger partial charge >= 0.3 is 0 Å². The molecule has 5 nitrogen and oxygen atoms in total. The molecule has 0 radical (unpaired) electrons. The van der Waals surface area contributed by atoms with E-state index in [0.29, 0.717) is 17.9 Å². The van der Waals surface area contributed by atoms with Crippen molar-refractivity contribution in [2.45, 2.75) is 19.9 Å². The Labute approximate surface area is 99.1 Å². The van der Waals surface area contributed by atoms with E-state index in [0.717, 1.165) is 5.69 Å². The second-order valence-corrected chi connectivity index (χ2v) is 3.82. The molecule has 0 unspecified atom stereocenters. The van der Waals surface area contributed by atoms with Crippen LogP contribution in [-0.2, 0) is 4.79 Å². The van der Waals surface area contributed by atoms with Gasteiger partial charge in [0.05, 0.1) is 5.69 Å². The monoisotopic (exact) mass is 231 g/mol. The number of rotatable bonds is 4. The Morgan fingerprint density at radius 1 is 1.35 bits per heavy atom. The van der Waals surface area contributed by atoms with Gasteiger partial charge in [-0.25, -0.2) is 0 Å². The molecule has 17 heavy (non-hydrogen) atoms. The Balaban J connectivity index is 2.52. The van der Waals surface area contributed by atoms with Gasteiger partial charge in [0.25, 0.3) is 6.47 Å². The van der Waals surface area contributed by atoms with Crippen LogP contribution in [0.5, 0.6) is 5.75 Å². The van der Waals surface area contributed by atoms with Gasteiger partial charge in [-0.2, -0.15) is 5.10 Å². The molecular weight excluding hydrogens is 218 g/mol. The zero-order valence-electron chi connectivity index (χ0n) is 9.70. The Bertz CT molecular complexity index is 520. The van der Waals surface area contributed by atoms with Crippen LogP contribution in [0.25, 0.3) is 11.4 Å². The van der Waals surface area contributed by atoms with Gasteiger partial charge in [0.1, 0.15) is 5.69 Å². The molecule has 0 saturated carbocycles. The summed E-state index contributed by atoms with van der Waals surface area (Å²) in [6.45, 7) is 4.45. The molecule has 0 bridgehead atoms. The lowest BCUT2D eigenvalue weighted by atomic mass is 10.2. The molecule has 2 heterocycles. The minimum absolute atomic E-state index is 0.214. The van der Waals surface area contributed by atoms with Gasteiger partial charge in [-0.1, -0.05) is 0 Å². The smallest absolute Gasteiger partial charge is 0.298 e. The molecule has 2 aromatic heterocycles. The fourth-order valence-electron chi connectivity index (χ4n) is 1.64. The van der Waals surface area contributed by atoms with Gasteiger partial charge in [0.2, 0.25) is 0 Å². The van der Waals surface area contributed by atoms with Gasteiger partial charge in [-0.3, -0.25) is 14.5 Å². The summed E-state index contributed by atoms with van der Waals surface area (Å²) in [4.78, 5) is 14.7. The first-order valence-corrected chi connectivity index (χ1v) is 5.33. The Morgan fingerprint density at radius 2 is 2.18 bits per heavy atom. The standard InChI is InChI=1S/C12H13N3O2/c1-9(2)15-10(5-7-14-15)12-11(17-8-16)4-3-6-13-12/h3-9H,1-2H3. The fraction of sp³-hybridized carbons (Fsp3) is 0.250. The molecule has 0 aromatic carbocycles. The zero-order valence-corrected chi connectivity index (χ0v) is 9.70. The Kier molecular flexibility index (Phi) is 3.18. The first kappa shape index (κ1) is 11.3. The fourth-order valence-corrected chi connectivity index (χ4v) is 1.64. The normalized spacial score (nSPS) is 10.5. The average Bonchev–Trinajstić information content (AvgIpc) is 2.79. The summed E-state index contributed by atoms with van der Waals surface area (Å²) in [7, 11) is 0. The van der Waals surface area contributed by atoms with Crippen molar-refractivity contribution in [1.29, 1.82) is 0 Å². The molecule has 0 aliphatic carbocycles. The van der Waals surface area contributed by atoms with E-state index >= 15 is 0 Å². The molecule has 5 heteroatoms. The molecule has 0 fully saturated rings. The first-order valence-electron chi connectivity index (χ1n) is 5.33. The number of hydrogen-bond donors (Lipinski definition) is 0. The highest BCUT2D eigenvalue weighted by molar-refractivity contribution is 5.65. The van der Waals surface area contributed by atoms with E-state index in [-0.39, 0.29) is 6.04 Å². The maximum absolute atomic E-state index is 10.4. The second-order valence-electron chi connectivity index (χ2n) is 3.82. The third-order valence-electron chi connectivity index (χ3n) is 2.35. The molecule has 0 spiro atoms. The molecule has 0 aliphatic rings. The maximum Gasteiger partial charge on any atom is 0.298 e. The number of carbonyl (C=O) groups is 1. The highest BCUT2D eigenvalue weighted by Gasteiger charge is 2.14. The molecule has 0 aliphatic heterocycles. The van der Waals surface area contributed by atoms with Gasteiger partial charge in [0.15, 0.2) is 5.75 Å². The van der Waals surface area contributed by atoms with Crippen LogP contribution in [0.2, 0.25) is 0 Å². The number of nitrogens with zero attached hydrogens (tertiary/aromatic N) is 3. The van der Waals surface area contributed by atoms with Crippen molar-refractivity contribution in [3.05, 3.63) is 30.6 Å². The van der Waals surface area contributed by atoms with Crippen molar-refractivity contribution in [2.24, 2.45) is 0 Å².